The van der Waals surface area contributed by atoms with Crippen LogP contribution in [0, 0.1) is 0 Å². The van der Waals surface area contributed by atoms with Crippen LogP contribution in [0.3, 0.4) is 0 Å². The third-order valence-electron chi connectivity index (χ3n) is 2.95. The van der Waals surface area contributed by atoms with Gasteiger partial charge in [-0.1, -0.05) is 37.3 Å². The van der Waals surface area contributed by atoms with Gasteiger partial charge in [-0.25, -0.2) is 0 Å². The van der Waals surface area contributed by atoms with E-state index >= 15 is 0 Å². The molecule has 1 aromatic rings. The third kappa shape index (κ3) is 6.74. The normalized spacial score (nSPS) is 12.6. The minimum Gasteiger partial charge on any atom is -0.394 e. The molecule has 3 heteroatoms. The number of rotatable bonds is 10. The third-order valence-corrected chi connectivity index (χ3v) is 2.95. The van der Waals surface area contributed by atoms with E-state index in [9.17, 15) is 0 Å². The Kier molecular flexibility index (Phi) is 8.47. The van der Waals surface area contributed by atoms with Crippen molar-refractivity contribution in [3.05, 3.63) is 35.9 Å². The predicted molar refractivity (Wildman–Crippen MR) is 74.7 cm³/mol. The zero-order valence-electron chi connectivity index (χ0n) is 11.3. The van der Waals surface area contributed by atoms with Crippen molar-refractivity contribution < 1.29 is 9.84 Å². The van der Waals surface area contributed by atoms with E-state index in [-0.39, 0.29) is 6.61 Å². The Bertz CT molecular complexity index is 290. The smallest absolute Gasteiger partial charge is 0.0697 e. The maximum absolute atomic E-state index is 8.57. The van der Waals surface area contributed by atoms with E-state index in [1.165, 1.54) is 5.56 Å². The number of hydrogen-bond donors (Lipinski definition) is 2. The van der Waals surface area contributed by atoms with Crippen molar-refractivity contribution in [1.82, 2.24) is 5.32 Å². The molecule has 0 saturated carbocycles. The van der Waals surface area contributed by atoms with Gasteiger partial charge in [0, 0.05) is 12.6 Å². The Morgan fingerprint density at radius 2 is 2.00 bits per heavy atom. The fourth-order valence-electron chi connectivity index (χ4n) is 1.91. The number of aliphatic hydroxyl groups is 1. The Morgan fingerprint density at radius 3 is 2.67 bits per heavy atom. The van der Waals surface area contributed by atoms with E-state index in [4.69, 9.17) is 9.84 Å². The minimum atomic E-state index is 0.110. The van der Waals surface area contributed by atoms with Crippen molar-refractivity contribution >= 4 is 0 Å². The second-order valence-corrected chi connectivity index (χ2v) is 4.44. The van der Waals surface area contributed by atoms with Crippen LogP contribution >= 0.6 is 0 Å². The number of aliphatic hydroxyl groups excluding tert-OH is 1. The molecule has 1 rings (SSSR count). The van der Waals surface area contributed by atoms with Crippen LogP contribution in [0.1, 0.15) is 25.3 Å². The Balaban J connectivity index is 2.14. The Morgan fingerprint density at radius 1 is 1.22 bits per heavy atom. The van der Waals surface area contributed by atoms with Crippen molar-refractivity contribution in [2.24, 2.45) is 0 Å². The summed E-state index contributed by atoms with van der Waals surface area (Å²) in [4.78, 5) is 0. The number of nitrogens with one attached hydrogen (secondary N) is 1. The fraction of sp³-hybridized carbons (Fsp3) is 0.600. The van der Waals surface area contributed by atoms with Crippen LogP contribution in [0.4, 0.5) is 0 Å². The molecule has 2 N–H and O–H groups in total. The summed E-state index contributed by atoms with van der Waals surface area (Å²) >= 11 is 0. The monoisotopic (exact) mass is 251 g/mol. The van der Waals surface area contributed by atoms with E-state index < -0.39 is 0 Å². The Labute approximate surface area is 110 Å². The molecular weight excluding hydrogens is 226 g/mol. The van der Waals surface area contributed by atoms with Crippen molar-refractivity contribution in [3.8, 4) is 0 Å². The van der Waals surface area contributed by atoms with Crippen LogP contribution in [0.5, 0.6) is 0 Å². The first-order valence-corrected chi connectivity index (χ1v) is 6.82. The lowest BCUT2D eigenvalue weighted by molar-refractivity contribution is 0.0903. The summed E-state index contributed by atoms with van der Waals surface area (Å²) in [6, 6.07) is 11.1. The lowest BCUT2D eigenvalue weighted by atomic mass is 10.0. The highest BCUT2D eigenvalue weighted by Gasteiger charge is 2.05. The number of benzene rings is 1. The summed E-state index contributed by atoms with van der Waals surface area (Å²) in [7, 11) is 0. The molecule has 0 aliphatic rings. The van der Waals surface area contributed by atoms with Crippen LogP contribution < -0.4 is 5.32 Å². The molecule has 0 aromatic heterocycles. The highest BCUT2D eigenvalue weighted by atomic mass is 16.5. The molecule has 0 fully saturated rings. The van der Waals surface area contributed by atoms with Gasteiger partial charge in [-0.3, -0.25) is 0 Å². The summed E-state index contributed by atoms with van der Waals surface area (Å²) in [6.07, 6.45) is 3.20. The molecule has 0 aliphatic heterocycles. The summed E-state index contributed by atoms with van der Waals surface area (Å²) in [5, 5.41) is 12.1. The first kappa shape index (κ1) is 15.2. The minimum absolute atomic E-state index is 0.110. The van der Waals surface area contributed by atoms with Crippen LogP contribution in [-0.2, 0) is 11.2 Å². The fourth-order valence-corrected chi connectivity index (χ4v) is 1.91. The van der Waals surface area contributed by atoms with Crippen molar-refractivity contribution in [3.63, 3.8) is 0 Å². The summed E-state index contributed by atoms with van der Waals surface area (Å²) in [5.74, 6) is 0. The van der Waals surface area contributed by atoms with Gasteiger partial charge in [-0.05, 0) is 31.4 Å². The summed E-state index contributed by atoms with van der Waals surface area (Å²) in [5.41, 5.74) is 1.38. The quantitative estimate of drug-likeness (QED) is 0.625. The average molecular weight is 251 g/mol. The first-order chi connectivity index (χ1) is 8.86. The van der Waals surface area contributed by atoms with Gasteiger partial charge < -0.3 is 15.2 Å². The van der Waals surface area contributed by atoms with E-state index in [0.717, 1.165) is 32.4 Å². The highest BCUT2D eigenvalue weighted by molar-refractivity contribution is 5.15. The molecule has 0 radical (unpaired) electrons. The molecule has 0 aliphatic carbocycles. The molecule has 0 spiro atoms. The SMILES string of the molecule is CCC(Cc1ccccc1)NCCCOCCO. The first-order valence-electron chi connectivity index (χ1n) is 6.82. The van der Waals surface area contributed by atoms with Gasteiger partial charge in [0.2, 0.25) is 0 Å². The van der Waals surface area contributed by atoms with E-state index in [0.29, 0.717) is 12.6 Å². The van der Waals surface area contributed by atoms with E-state index in [1.54, 1.807) is 0 Å². The summed E-state index contributed by atoms with van der Waals surface area (Å²) < 4.78 is 5.23. The van der Waals surface area contributed by atoms with Crippen LogP contribution in [0.25, 0.3) is 0 Å². The standard InChI is InChI=1S/C15H25NO2/c1-2-15(13-14-7-4-3-5-8-14)16-9-6-11-18-12-10-17/h3-5,7-8,15-17H,2,6,9-13H2,1H3. The van der Waals surface area contributed by atoms with Crippen molar-refractivity contribution in [1.29, 1.82) is 0 Å². The Hall–Kier alpha value is -0.900. The van der Waals surface area contributed by atoms with E-state index in [1.807, 2.05) is 0 Å². The van der Waals surface area contributed by atoms with Crippen LogP contribution in [0.2, 0.25) is 0 Å². The van der Waals surface area contributed by atoms with Crippen LogP contribution in [0.15, 0.2) is 30.3 Å². The average Bonchev–Trinajstić information content (AvgIpc) is 2.42. The maximum Gasteiger partial charge on any atom is 0.0697 e. The largest absolute Gasteiger partial charge is 0.394 e. The second-order valence-electron chi connectivity index (χ2n) is 4.44. The molecule has 18 heavy (non-hydrogen) atoms. The summed E-state index contributed by atoms with van der Waals surface area (Å²) in [6.45, 7) is 4.45. The van der Waals surface area contributed by atoms with Gasteiger partial charge in [-0.15, -0.1) is 0 Å². The van der Waals surface area contributed by atoms with Gasteiger partial charge in [0.15, 0.2) is 0 Å². The van der Waals surface area contributed by atoms with Gasteiger partial charge in [0.25, 0.3) is 0 Å². The molecule has 0 heterocycles. The second kappa shape index (κ2) is 10.1. The highest BCUT2D eigenvalue weighted by Crippen LogP contribution is 2.05. The molecule has 0 amide bonds. The molecule has 1 aromatic carbocycles. The molecule has 0 bridgehead atoms. The molecule has 1 unspecified atom stereocenters. The lowest BCUT2D eigenvalue weighted by Crippen LogP contribution is -2.31. The number of hydrogen-bond acceptors (Lipinski definition) is 3. The molecule has 3 nitrogen and oxygen atoms in total. The molecule has 0 saturated heterocycles. The topological polar surface area (TPSA) is 41.5 Å². The van der Waals surface area contributed by atoms with Gasteiger partial charge >= 0.3 is 0 Å². The predicted octanol–water partition coefficient (Wildman–Crippen LogP) is 2.00. The van der Waals surface area contributed by atoms with E-state index in [2.05, 4.69) is 42.6 Å². The zero-order chi connectivity index (χ0) is 13.1. The number of ether oxygens (including phenoxy) is 1. The maximum atomic E-state index is 8.57. The van der Waals surface area contributed by atoms with Crippen LogP contribution in [-0.4, -0.2) is 37.5 Å². The molecule has 1 atom stereocenters. The molecule has 102 valence electrons. The lowest BCUT2D eigenvalue weighted by Gasteiger charge is -2.17. The van der Waals surface area contributed by atoms with Crippen molar-refractivity contribution in [2.45, 2.75) is 32.2 Å². The molecular formula is C15H25NO2. The van der Waals surface area contributed by atoms with Gasteiger partial charge in [-0.2, -0.15) is 0 Å². The van der Waals surface area contributed by atoms with Crippen molar-refractivity contribution in [2.75, 3.05) is 26.4 Å². The zero-order valence-corrected chi connectivity index (χ0v) is 11.3. The van der Waals surface area contributed by atoms with Gasteiger partial charge in [0.05, 0.1) is 13.2 Å². The van der Waals surface area contributed by atoms with Gasteiger partial charge in [0.1, 0.15) is 0 Å².